The smallest absolute Gasteiger partial charge is 0.0499 e. The predicted octanol–water partition coefficient (Wildman–Crippen LogP) is 1.79. The molecule has 3 heteroatoms. The molecule has 2 aliphatic carbocycles. The average molecular weight is 240 g/mol. The van der Waals surface area contributed by atoms with Crippen LogP contribution in [-0.2, 0) is 0 Å². The minimum Gasteiger partial charge on any atom is -0.396 e. The molecule has 0 aliphatic heterocycles. The van der Waals surface area contributed by atoms with Crippen molar-refractivity contribution in [1.82, 2.24) is 5.32 Å². The lowest BCUT2D eigenvalue weighted by atomic mass is 9.74. The zero-order chi connectivity index (χ0) is 12.1. The van der Waals surface area contributed by atoms with Crippen LogP contribution in [-0.4, -0.2) is 30.3 Å². The maximum atomic E-state index is 9.66. The molecule has 0 amide bonds. The van der Waals surface area contributed by atoms with Crippen molar-refractivity contribution in [1.29, 1.82) is 0 Å². The minimum atomic E-state index is 0.166. The second kappa shape index (κ2) is 6.17. The molecule has 0 bridgehead atoms. The predicted molar refractivity (Wildman–Crippen MR) is 70.8 cm³/mol. The molecule has 4 N–H and O–H groups in total. The van der Waals surface area contributed by atoms with Crippen LogP contribution in [0.2, 0.25) is 0 Å². The molecule has 2 rings (SSSR count). The Morgan fingerprint density at radius 2 is 1.88 bits per heavy atom. The van der Waals surface area contributed by atoms with Crippen LogP contribution in [0, 0.1) is 5.41 Å². The molecular formula is C14H28N2O. The maximum Gasteiger partial charge on any atom is 0.0499 e. The molecule has 0 heterocycles. The summed E-state index contributed by atoms with van der Waals surface area (Å²) in [4.78, 5) is 0. The third-order valence-electron chi connectivity index (χ3n) is 4.73. The van der Waals surface area contributed by atoms with Crippen molar-refractivity contribution < 1.29 is 5.11 Å². The third-order valence-corrected chi connectivity index (χ3v) is 4.73. The van der Waals surface area contributed by atoms with Gasteiger partial charge in [-0.3, -0.25) is 0 Å². The molecule has 2 atom stereocenters. The molecule has 0 aromatic carbocycles. The van der Waals surface area contributed by atoms with E-state index >= 15 is 0 Å². The molecule has 0 radical (unpaired) electrons. The number of hydrogen-bond donors (Lipinski definition) is 3. The minimum absolute atomic E-state index is 0.166. The lowest BCUT2D eigenvalue weighted by molar-refractivity contribution is 0.0762. The van der Waals surface area contributed by atoms with Gasteiger partial charge in [0.2, 0.25) is 0 Å². The summed E-state index contributed by atoms with van der Waals surface area (Å²) in [6, 6.07) is 0.974. The van der Waals surface area contributed by atoms with Gasteiger partial charge in [0.25, 0.3) is 0 Å². The van der Waals surface area contributed by atoms with Gasteiger partial charge in [-0.05, 0) is 32.1 Å². The number of nitrogens with one attached hydrogen (secondary N) is 1. The van der Waals surface area contributed by atoms with Crippen molar-refractivity contribution in [3.05, 3.63) is 0 Å². The van der Waals surface area contributed by atoms with Gasteiger partial charge in [0.15, 0.2) is 0 Å². The van der Waals surface area contributed by atoms with Crippen molar-refractivity contribution in [2.75, 3.05) is 13.2 Å². The fourth-order valence-corrected chi connectivity index (χ4v) is 3.47. The third kappa shape index (κ3) is 3.67. The van der Waals surface area contributed by atoms with E-state index in [9.17, 15) is 5.11 Å². The molecule has 0 aromatic rings. The van der Waals surface area contributed by atoms with E-state index in [-0.39, 0.29) is 5.41 Å². The lowest BCUT2D eigenvalue weighted by Gasteiger charge is -2.38. The second-order valence-electron chi connectivity index (χ2n) is 6.22. The zero-order valence-electron chi connectivity index (χ0n) is 11.0. The van der Waals surface area contributed by atoms with Crippen LogP contribution in [0.1, 0.15) is 57.8 Å². The van der Waals surface area contributed by atoms with Crippen LogP contribution in [0.25, 0.3) is 0 Å². The number of hydrogen-bond acceptors (Lipinski definition) is 3. The van der Waals surface area contributed by atoms with E-state index < -0.39 is 0 Å². The van der Waals surface area contributed by atoms with Crippen molar-refractivity contribution in [2.24, 2.45) is 11.1 Å². The number of nitrogens with two attached hydrogens (primary N) is 1. The number of aliphatic hydroxyl groups is 1. The first-order valence-electron chi connectivity index (χ1n) is 7.34. The average Bonchev–Trinajstić information content (AvgIpc) is 2.38. The van der Waals surface area contributed by atoms with Crippen LogP contribution in [0.5, 0.6) is 0 Å². The van der Waals surface area contributed by atoms with Gasteiger partial charge in [-0.2, -0.15) is 0 Å². The molecule has 100 valence electrons. The molecule has 2 saturated carbocycles. The van der Waals surface area contributed by atoms with Gasteiger partial charge in [-0.25, -0.2) is 0 Å². The summed E-state index contributed by atoms with van der Waals surface area (Å²) in [5.74, 6) is 0. The van der Waals surface area contributed by atoms with E-state index in [4.69, 9.17) is 5.73 Å². The molecule has 2 fully saturated rings. The van der Waals surface area contributed by atoms with Crippen LogP contribution >= 0.6 is 0 Å². The highest BCUT2D eigenvalue weighted by atomic mass is 16.3. The maximum absolute atomic E-state index is 9.66. The molecule has 0 saturated heterocycles. The molecular weight excluding hydrogens is 212 g/mol. The molecule has 17 heavy (non-hydrogen) atoms. The van der Waals surface area contributed by atoms with E-state index in [1.807, 2.05) is 0 Å². The Kier molecular flexibility index (Phi) is 4.83. The lowest BCUT2D eigenvalue weighted by Crippen LogP contribution is -2.46. The Morgan fingerprint density at radius 3 is 2.53 bits per heavy atom. The van der Waals surface area contributed by atoms with Crippen LogP contribution in [0.15, 0.2) is 0 Å². The first-order valence-corrected chi connectivity index (χ1v) is 7.34. The standard InChI is InChI=1S/C14H28N2O/c15-12-5-4-6-13(9-12)16-10-14(11-17)7-2-1-3-8-14/h12-13,16-17H,1-11,15H2. The normalized spacial score (nSPS) is 33.5. The second-order valence-corrected chi connectivity index (χ2v) is 6.22. The summed E-state index contributed by atoms with van der Waals surface area (Å²) >= 11 is 0. The van der Waals surface area contributed by atoms with Gasteiger partial charge in [0, 0.05) is 30.7 Å². The quantitative estimate of drug-likeness (QED) is 0.702. The van der Waals surface area contributed by atoms with Crippen LogP contribution in [0.4, 0.5) is 0 Å². The number of rotatable bonds is 4. The van der Waals surface area contributed by atoms with E-state index in [2.05, 4.69) is 5.32 Å². The van der Waals surface area contributed by atoms with Gasteiger partial charge in [-0.15, -0.1) is 0 Å². The van der Waals surface area contributed by atoms with Gasteiger partial charge >= 0.3 is 0 Å². The summed E-state index contributed by atoms with van der Waals surface area (Å²) in [5.41, 5.74) is 6.18. The fourth-order valence-electron chi connectivity index (χ4n) is 3.47. The Labute approximate surface area is 105 Å². The van der Waals surface area contributed by atoms with Crippen molar-refractivity contribution in [2.45, 2.75) is 69.9 Å². The van der Waals surface area contributed by atoms with E-state index in [0.29, 0.717) is 18.7 Å². The van der Waals surface area contributed by atoms with Gasteiger partial charge < -0.3 is 16.2 Å². The monoisotopic (exact) mass is 240 g/mol. The molecule has 3 nitrogen and oxygen atoms in total. The van der Waals surface area contributed by atoms with E-state index in [0.717, 1.165) is 13.0 Å². The molecule has 2 aliphatic rings. The Bertz CT molecular complexity index is 226. The fraction of sp³-hybridized carbons (Fsp3) is 1.00. The molecule has 0 aromatic heterocycles. The molecule has 0 spiro atoms. The summed E-state index contributed by atoms with van der Waals surface area (Å²) in [7, 11) is 0. The van der Waals surface area contributed by atoms with Gasteiger partial charge in [0.1, 0.15) is 0 Å². The van der Waals surface area contributed by atoms with Crippen molar-refractivity contribution >= 4 is 0 Å². The summed E-state index contributed by atoms with van der Waals surface area (Å²) < 4.78 is 0. The highest BCUT2D eigenvalue weighted by Gasteiger charge is 2.32. The van der Waals surface area contributed by atoms with Crippen molar-refractivity contribution in [3.8, 4) is 0 Å². The first-order chi connectivity index (χ1) is 8.24. The van der Waals surface area contributed by atoms with Crippen LogP contribution < -0.4 is 11.1 Å². The summed E-state index contributed by atoms with van der Waals surface area (Å²) in [5, 5.41) is 13.3. The Balaban J connectivity index is 1.78. The molecule has 2 unspecified atom stereocenters. The largest absolute Gasteiger partial charge is 0.396 e. The Hall–Kier alpha value is -0.120. The Morgan fingerprint density at radius 1 is 1.12 bits per heavy atom. The zero-order valence-corrected chi connectivity index (χ0v) is 11.0. The number of aliphatic hydroxyl groups excluding tert-OH is 1. The topological polar surface area (TPSA) is 58.3 Å². The van der Waals surface area contributed by atoms with Crippen LogP contribution in [0.3, 0.4) is 0 Å². The highest BCUT2D eigenvalue weighted by molar-refractivity contribution is 4.87. The summed E-state index contributed by atoms with van der Waals surface area (Å²) in [6.07, 6.45) is 11.1. The first kappa shape index (κ1) is 13.3. The van der Waals surface area contributed by atoms with Gasteiger partial charge in [-0.1, -0.05) is 25.7 Å². The highest BCUT2D eigenvalue weighted by Crippen LogP contribution is 2.35. The summed E-state index contributed by atoms with van der Waals surface area (Å²) in [6.45, 7) is 1.33. The van der Waals surface area contributed by atoms with E-state index in [1.54, 1.807) is 0 Å². The van der Waals surface area contributed by atoms with Gasteiger partial charge in [0.05, 0.1) is 0 Å². The van der Waals surface area contributed by atoms with E-state index in [1.165, 1.54) is 51.4 Å². The SMILES string of the molecule is NC1CCCC(NCC2(CO)CCCCC2)C1. The van der Waals surface area contributed by atoms with Crippen molar-refractivity contribution in [3.63, 3.8) is 0 Å².